The van der Waals surface area contributed by atoms with Gasteiger partial charge in [-0.25, -0.2) is 4.79 Å². The van der Waals surface area contributed by atoms with Crippen LogP contribution in [0, 0.1) is 24.0 Å². The van der Waals surface area contributed by atoms with E-state index in [-0.39, 0.29) is 17.1 Å². The number of ketones is 1. The minimum Gasteiger partial charge on any atom is -0.493 e. The number of aryl methyl sites for hydroxylation is 1. The molecular weight excluding hydrogens is 416 g/mol. The normalized spacial score (nSPS) is 10.5. The Morgan fingerprint density at radius 3 is 2.19 bits per heavy atom. The van der Waals surface area contributed by atoms with Gasteiger partial charge in [0.15, 0.2) is 18.1 Å². The summed E-state index contributed by atoms with van der Waals surface area (Å²) in [5, 5.41) is 11.4. The summed E-state index contributed by atoms with van der Waals surface area (Å²) in [5.41, 5.74) is 2.00. The third-order valence-corrected chi connectivity index (χ3v) is 5.00. The summed E-state index contributed by atoms with van der Waals surface area (Å²) in [6, 6.07) is 13.5. The SMILES string of the molecule is COc1cc(C(=O)OCC(=O)c2cc(C)n(-c3ccccc3)c2C)c([N+](=O)[O-])cc1OC. The molecule has 1 heterocycles. The Balaban J connectivity index is 1.83. The van der Waals surface area contributed by atoms with E-state index >= 15 is 0 Å². The molecule has 0 saturated heterocycles. The van der Waals surface area contributed by atoms with Crippen molar-refractivity contribution >= 4 is 17.4 Å². The highest BCUT2D eigenvalue weighted by atomic mass is 16.6. The predicted octanol–water partition coefficient (Wildman–Crippen LogP) is 4.06. The van der Waals surface area contributed by atoms with E-state index in [1.54, 1.807) is 13.0 Å². The van der Waals surface area contributed by atoms with Gasteiger partial charge in [0, 0.05) is 28.7 Å². The van der Waals surface area contributed by atoms with Crippen LogP contribution in [0.25, 0.3) is 5.69 Å². The first-order valence-electron chi connectivity index (χ1n) is 9.63. The van der Waals surface area contributed by atoms with E-state index in [2.05, 4.69) is 0 Å². The molecule has 0 aliphatic carbocycles. The number of hydrogen-bond acceptors (Lipinski definition) is 7. The van der Waals surface area contributed by atoms with E-state index in [9.17, 15) is 19.7 Å². The maximum absolute atomic E-state index is 12.8. The van der Waals surface area contributed by atoms with Crippen LogP contribution in [0.2, 0.25) is 0 Å². The summed E-state index contributed by atoms with van der Waals surface area (Å²) in [5.74, 6) is -1.21. The Hall–Kier alpha value is -4.14. The second-order valence-corrected chi connectivity index (χ2v) is 6.94. The number of aromatic nitrogens is 1. The molecule has 32 heavy (non-hydrogen) atoms. The molecule has 0 N–H and O–H groups in total. The zero-order valence-electron chi connectivity index (χ0n) is 18.1. The molecule has 166 valence electrons. The number of para-hydroxylation sites is 1. The van der Waals surface area contributed by atoms with Gasteiger partial charge >= 0.3 is 5.97 Å². The van der Waals surface area contributed by atoms with Crippen LogP contribution in [-0.2, 0) is 4.74 Å². The van der Waals surface area contributed by atoms with E-state index < -0.39 is 29.0 Å². The summed E-state index contributed by atoms with van der Waals surface area (Å²) >= 11 is 0. The molecule has 9 nitrogen and oxygen atoms in total. The van der Waals surface area contributed by atoms with Crippen molar-refractivity contribution in [1.29, 1.82) is 0 Å². The fraction of sp³-hybridized carbons (Fsp3) is 0.217. The van der Waals surface area contributed by atoms with Crippen molar-refractivity contribution in [1.82, 2.24) is 4.57 Å². The minimum absolute atomic E-state index is 0.0974. The smallest absolute Gasteiger partial charge is 0.345 e. The fourth-order valence-corrected chi connectivity index (χ4v) is 3.49. The summed E-state index contributed by atoms with van der Waals surface area (Å²) in [7, 11) is 2.66. The topological polar surface area (TPSA) is 110 Å². The van der Waals surface area contributed by atoms with Crippen molar-refractivity contribution in [3.8, 4) is 17.2 Å². The molecule has 3 aromatic rings. The lowest BCUT2D eigenvalue weighted by atomic mass is 10.1. The number of esters is 1. The van der Waals surface area contributed by atoms with Gasteiger partial charge in [-0.1, -0.05) is 18.2 Å². The first-order valence-corrected chi connectivity index (χ1v) is 9.63. The zero-order chi connectivity index (χ0) is 23.4. The third kappa shape index (κ3) is 4.31. The maximum Gasteiger partial charge on any atom is 0.345 e. The van der Waals surface area contributed by atoms with E-state index in [0.717, 1.165) is 23.5 Å². The molecule has 0 saturated carbocycles. The quantitative estimate of drug-likeness (QED) is 0.226. The van der Waals surface area contributed by atoms with E-state index in [1.807, 2.05) is 41.8 Å². The Morgan fingerprint density at radius 2 is 1.59 bits per heavy atom. The number of rotatable bonds is 8. The summed E-state index contributed by atoms with van der Waals surface area (Å²) < 4.78 is 17.2. The Kier molecular flexibility index (Phi) is 6.58. The fourth-order valence-electron chi connectivity index (χ4n) is 3.49. The molecule has 0 bridgehead atoms. The number of nitro benzene ring substituents is 1. The van der Waals surface area contributed by atoms with E-state index in [0.29, 0.717) is 11.3 Å². The summed E-state index contributed by atoms with van der Waals surface area (Å²) in [6.07, 6.45) is 0. The van der Waals surface area contributed by atoms with Crippen LogP contribution in [0.5, 0.6) is 11.5 Å². The lowest BCUT2D eigenvalue weighted by Gasteiger charge is -2.11. The lowest BCUT2D eigenvalue weighted by Crippen LogP contribution is -2.16. The number of Topliss-reactive ketones (excluding diaryl/α,β-unsaturated/α-hetero) is 1. The molecule has 0 atom stereocenters. The van der Waals surface area contributed by atoms with Crippen molar-refractivity contribution in [2.24, 2.45) is 0 Å². The van der Waals surface area contributed by atoms with Crippen molar-refractivity contribution in [2.75, 3.05) is 20.8 Å². The second-order valence-electron chi connectivity index (χ2n) is 6.94. The number of hydrogen-bond donors (Lipinski definition) is 0. The van der Waals surface area contributed by atoms with E-state index in [1.165, 1.54) is 14.2 Å². The van der Waals surface area contributed by atoms with Gasteiger partial charge in [-0.3, -0.25) is 14.9 Å². The highest BCUT2D eigenvalue weighted by molar-refractivity contribution is 6.01. The van der Waals surface area contributed by atoms with Crippen LogP contribution in [0.15, 0.2) is 48.5 Å². The molecule has 1 aromatic heterocycles. The molecule has 0 spiro atoms. The minimum atomic E-state index is -1.01. The highest BCUT2D eigenvalue weighted by Crippen LogP contribution is 2.34. The summed E-state index contributed by atoms with van der Waals surface area (Å²) in [4.78, 5) is 36.0. The lowest BCUT2D eigenvalue weighted by molar-refractivity contribution is -0.385. The molecule has 9 heteroatoms. The van der Waals surface area contributed by atoms with Crippen LogP contribution < -0.4 is 9.47 Å². The standard InChI is InChI=1S/C23H22N2O7/c1-14-10-17(15(2)24(14)16-8-6-5-7-9-16)20(26)13-32-23(27)18-11-21(30-3)22(31-4)12-19(18)25(28)29/h5-12H,13H2,1-4H3. The average Bonchev–Trinajstić information content (AvgIpc) is 3.10. The predicted molar refractivity (Wildman–Crippen MR) is 116 cm³/mol. The number of carbonyl (C=O) groups is 2. The Labute approximate surface area is 184 Å². The molecule has 0 fully saturated rings. The van der Waals surface area contributed by atoms with Gasteiger partial charge in [0.1, 0.15) is 5.56 Å². The van der Waals surface area contributed by atoms with Crippen LogP contribution in [0.3, 0.4) is 0 Å². The van der Waals surface area contributed by atoms with Gasteiger partial charge in [-0.2, -0.15) is 0 Å². The maximum atomic E-state index is 12.8. The van der Waals surface area contributed by atoms with Crippen LogP contribution in [0.1, 0.15) is 32.1 Å². The number of methoxy groups -OCH3 is 2. The van der Waals surface area contributed by atoms with Crippen molar-refractivity contribution < 1.29 is 28.7 Å². The molecule has 0 radical (unpaired) electrons. The van der Waals surface area contributed by atoms with Gasteiger partial charge in [0.2, 0.25) is 5.78 Å². The number of benzene rings is 2. The zero-order valence-corrected chi connectivity index (χ0v) is 18.1. The van der Waals surface area contributed by atoms with Crippen LogP contribution in [-0.4, -0.2) is 42.1 Å². The van der Waals surface area contributed by atoms with Gasteiger partial charge in [-0.05, 0) is 32.0 Å². The number of nitrogens with zero attached hydrogens (tertiary/aromatic N) is 2. The molecule has 0 unspecified atom stereocenters. The van der Waals surface area contributed by atoms with E-state index in [4.69, 9.17) is 14.2 Å². The van der Waals surface area contributed by atoms with Gasteiger partial charge in [0.05, 0.1) is 25.2 Å². The largest absolute Gasteiger partial charge is 0.493 e. The third-order valence-electron chi connectivity index (χ3n) is 5.00. The average molecular weight is 438 g/mol. The highest BCUT2D eigenvalue weighted by Gasteiger charge is 2.27. The van der Waals surface area contributed by atoms with Gasteiger partial charge in [-0.15, -0.1) is 0 Å². The Morgan fingerprint density at radius 1 is 0.969 bits per heavy atom. The number of carbonyl (C=O) groups excluding carboxylic acids is 2. The van der Waals surface area contributed by atoms with Gasteiger partial charge < -0.3 is 18.8 Å². The van der Waals surface area contributed by atoms with Gasteiger partial charge in [0.25, 0.3) is 5.69 Å². The molecule has 0 amide bonds. The van der Waals surface area contributed by atoms with Crippen molar-refractivity contribution in [3.05, 3.63) is 81.2 Å². The van der Waals surface area contributed by atoms with Crippen molar-refractivity contribution in [2.45, 2.75) is 13.8 Å². The number of nitro groups is 1. The number of ether oxygens (including phenoxy) is 3. The molecule has 0 aliphatic rings. The summed E-state index contributed by atoms with van der Waals surface area (Å²) in [6.45, 7) is 3.10. The molecule has 0 aliphatic heterocycles. The molecular formula is C23H22N2O7. The first-order chi connectivity index (χ1) is 15.3. The monoisotopic (exact) mass is 438 g/mol. The van der Waals surface area contributed by atoms with Crippen LogP contribution >= 0.6 is 0 Å². The molecule has 2 aromatic carbocycles. The second kappa shape index (κ2) is 9.34. The Bertz CT molecular complexity index is 1180. The first kappa shape index (κ1) is 22.5. The van der Waals surface area contributed by atoms with Crippen molar-refractivity contribution in [3.63, 3.8) is 0 Å². The van der Waals surface area contributed by atoms with Crippen LogP contribution in [0.4, 0.5) is 5.69 Å². The molecule has 3 rings (SSSR count).